The average Bonchev–Trinajstić information content (AvgIpc) is 2.65. The van der Waals surface area contributed by atoms with Crippen molar-refractivity contribution >= 4 is 15.9 Å². The fourth-order valence-electron chi connectivity index (χ4n) is 2.61. The third-order valence-corrected chi connectivity index (χ3v) is 4.71. The lowest BCUT2D eigenvalue weighted by molar-refractivity contribution is 0.222. The van der Waals surface area contributed by atoms with Gasteiger partial charge in [0.25, 0.3) is 0 Å². The molecule has 0 aromatic heterocycles. The number of hydrogen-bond donors (Lipinski definition) is 0. The van der Waals surface area contributed by atoms with E-state index in [1.165, 1.54) is 0 Å². The van der Waals surface area contributed by atoms with E-state index in [0.717, 1.165) is 46.9 Å². The van der Waals surface area contributed by atoms with Crippen LogP contribution in [0.15, 0.2) is 46.9 Å². The number of halogens is 1. The summed E-state index contributed by atoms with van der Waals surface area (Å²) in [5, 5.41) is 0. The first-order chi connectivity index (χ1) is 12.7. The van der Waals surface area contributed by atoms with Crippen LogP contribution in [0.3, 0.4) is 0 Å². The van der Waals surface area contributed by atoms with E-state index in [-0.39, 0.29) is 0 Å². The van der Waals surface area contributed by atoms with E-state index in [2.05, 4.69) is 34.7 Å². The molecule has 0 aliphatic rings. The standard InChI is InChI=1S/C21H28BrNO3/c1-4-23(5-2)13-14-25-18-10-7-9-17(15-18)16-26-21-19(22)11-8-12-20(21)24-6-3/h7-12,15H,4-6,13-14,16H2,1-3H3. The zero-order valence-electron chi connectivity index (χ0n) is 15.8. The summed E-state index contributed by atoms with van der Waals surface area (Å²) in [6.07, 6.45) is 0. The monoisotopic (exact) mass is 421 g/mol. The number of hydrogen-bond acceptors (Lipinski definition) is 4. The molecule has 142 valence electrons. The summed E-state index contributed by atoms with van der Waals surface area (Å²) in [6.45, 7) is 11.1. The van der Waals surface area contributed by atoms with Gasteiger partial charge < -0.3 is 19.1 Å². The highest BCUT2D eigenvalue weighted by Crippen LogP contribution is 2.35. The highest BCUT2D eigenvalue weighted by atomic mass is 79.9. The van der Waals surface area contributed by atoms with E-state index in [1.54, 1.807) is 0 Å². The van der Waals surface area contributed by atoms with E-state index in [4.69, 9.17) is 14.2 Å². The summed E-state index contributed by atoms with van der Waals surface area (Å²) in [4.78, 5) is 2.34. The Labute approximate surface area is 165 Å². The molecule has 2 rings (SSSR count). The topological polar surface area (TPSA) is 30.9 Å². The van der Waals surface area contributed by atoms with Gasteiger partial charge in [-0.2, -0.15) is 0 Å². The number of para-hydroxylation sites is 1. The third-order valence-electron chi connectivity index (χ3n) is 4.08. The van der Waals surface area contributed by atoms with Crippen molar-refractivity contribution in [3.8, 4) is 17.2 Å². The Hall–Kier alpha value is -1.72. The summed E-state index contributed by atoms with van der Waals surface area (Å²) in [5.41, 5.74) is 1.06. The molecule has 0 bridgehead atoms. The Bertz CT molecular complexity index is 674. The third kappa shape index (κ3) is 6.22. The van der Waals surface area contributed by atoms with E-state index < -0.39 is 0 Å². The van der Waals surface area contributed by atoms with E-state index >= 15 is 0 Å². The van der Waals surface area contributed by atoms with Gasteiger partial charge in [-0.3, -0.25) is 0 Å². The summed E-state index contributed by atoms with van der Waals surface area (Å²) in [5.74, 6) is 2.34. The van der Waals surface area contributed by atoms with Crippen LogP contribution in [0.1, 0.15) is 26.3 Å². The Morgan fingerprint density at radius 1 is 0.923 bits per heavy atom. The zero-order chi connectivity index (χ0) is 18.8. The Morgan fingerprint density at radius 2 is 1.69 bits per heavy atom. The summed E-state index contributed by atoms with van der Waals surface area (Å²) in [6, 6.07) is 13.8. The maximum absolute atomic E-state index is 6.00. The van der Waals surface area contributed by atoms with Crippen molar-refractivity contribution in [2.24, 2.45) is 0 Å². The van der Waals surface area contributed by atoms with Crippen LogP contribution in [0.5, 0.6) is 17.2 Å². The molecule has 5 heteroatoms. The lowest BCUT2D eigenvalue weighted by Crippen LogP contribution is -2.27. The van der Waals surface area contributed by atoms with Crippen molar-refractivity contribution in [1.29, 1.82) is 0 Å². The lowest BCUT2D eigenvalue weighted by atomic mass is 10.2. The molecule has 2 aromatic carbocycles. The zero-order valence-corrected chi connectivity index (χ0v) is 17.4. The molecular formula is C21H28BrNO3. The fourth-order valence-corrected chi connectivity index (χ4v) is 3.07. The van der Waals surface area contributed by atoms with Gasteiger partial charge in [-0.1, -0.05) is 32.0 Å². The fraction of sp³-hybridized carbons (Fsp3) is 0.429. The second kappa shape index (κ2) is 11.1. The van der Waals surface area contributed by atoms with Gasteiger partial charge in [-0.05, 0) is 65.8 Å². The van der Waals surface area contributed by atoms with Gasteiger partial charge in [-0.15, -0.1) is 0 Å². The van der Waals surface area contributed by atoms with Gasteiger partial charge in [0, 0.05) is 6.54 Å². The molecule has 0 radical (unpaired) electrons. The van der Waals surface area contributed by atoms with Crippen molar-refractivity contribution < 1.29 is 14.2 Å². The molecule has 0 saturated heterocycles. The first kappa shape index (κ1) is 20.6. The number of likely N-dealkylation sites (N-methyl/N-ethyl adjacent to an activating group) is 1. The van der Waals surface area contributed by atoms with Gasteiger partial charge in [0.2, 0.25) is 0 Å². The summed E-state index contributed by atoms with van der Waals surface area (Å²) in [7, 11) is 0. The minimum atomic E-state index is 0.454. The molecule has 0 heterocycles. The largest absolute Gasteiger partial charge is 0.492 e. The van der Waals surface area contributed by atoms with Gasteiger partial charge >= 0.3 is 0 Å². The molecule has 0 amide bonds. The lowest BCUT2D eigenvalue weighted by Gasteiger charge is -2.18. The summed E-state index contributed by atoms with van der Waals surface area (Å²) >= 11 is 3.53. The normalized spacial score (nSPS) is 10.8. The number of nitrogens with zero attached hydrogens (tertiary/aromatic N) is 1. The molecule has 0 N–H and O–H groups in total. The second-order valence-corrected chi connectivity index (χ2v) is 6.67. The smallest absolute Gasteiger partial charge is 0.175 e. The maximum Gasteiger partial charge on any atom is 0.175 e. The highest BCUT2D eigenvalue weighted by Gasteiger charge is 2.10. The molecular weight excluding hydrogens is 394 g/mol. The molecule has 0 saturated carbocycles. The number of ether oxygens (including phenoxy) is 3. The Kier molecular flexibility index (Phi) is 8.78. The minimum absolute atomic E-state index is 0.454. The van der Waals surface area contributed by atoms with Crippen molar-refractivity contribution in [2.45, 2.75) is 27.4 Å². The van der Waals surface area contributed by atoms with Gasteiger partial charge in [-0.25, -0.2) is 0 Å². The second-order valence-electron chi connectivity index (χ2n) is 5.81. The molecule has 4 nitrogen and oxygen atoms in total. The molecule has 2 aromatic rings. The van der Waals surface area contributed by atoms with Crippen LogP contribution in [-0.4, -0.2) is 37.7 Å². The average molecular weight is 422 g/mol. The van der Waals surface area contributed by atoms with Gasteiger partial charge in [0.05, 0.1) is 11.1 Å². The highest BCUT2D eigenvalue weighted by molar-refractivity contribution is 9.10. The first-order valence-electron chi connectivity index (χ1n) is 9.16. The molecule has 0 atom stereocenters. The molecule has 26 heavy (non-hydrogen) atoms. The molecule has 0 unspecified atom stereocenters. The van der Waals surface area contributed by atoms with E-state index in [9.17, 15) is 0 Å². The van der Waals surface area contributed by atoms with Crippen LogP contribution >= 0.6 is 15.9 Å². The van der Waals surface area contributed by atoms with Crippen molar-refractivity contribution in [3.63, 3.8) is 0 Å². The SMILES string of the molecule is CCOc1cccc(Br)c1OCc1cccc(OCCN(CC)CC)c1. The molecule has 0 spiro atoms. The van der Waals surface area contributed by atoms with Gasteiger partial charge in [0.1, 0.15) is 19.0 Å². The van der Waals surface area contributed by atoms with Gasteiger partial charge in [0.15, 0.2) is 11.5 Å². The number of benzene rings is 2. The predicted octanol–water partition coefficient (Wildman–Crippen LogP) is 5.15. The summed E-state index contributed by atoms with van der Waals surface area (Å²) < 4.78 is 18.4. The van der Waals surface area contributed by atoms with Crippen LogP contribution < -0.4 is 14.2 Å². The first-order valence-corrected chi connectivity index (χ1v) is 9.95. The minimum Gasteiger partial charge on any atom is -0.492 e. The van der Waals surface area contributed by atoms with Crippen molar-refractivity contribution in [2.75, 3.05) is 32.8 Å². The Morgan fingerprint density at radius 3 is 2.42 bits per heavy atom. The van der Waals surface area contributed by atoms with Crippen LogP contribution in [0, 0.1) is 0 Å². The van der Waals surface area contributed by atoms with Crippen molar-refractivity contribution in [1.82, 2.24) is 4.90 Å². The molecule has 0 aliphatic carbocycles. The number of rotatable bonds is 11. The van der Waals surface area contributed by atoms with Crippen LogP contribution in [0.2, 0.25) is 0 Å². The van der Waals surface area contributed by atoms with Crippen LogP contribution in [0.4, 0.5) is 0 Å². The molecule has 0 aliphatic heterocycles. The maximum atomic E-state index is 6.00. The Balaban J connectivity index is 1.95. The van der Waals surface area contributed by atoms with E-state index in [1.807, 2.05) is 49.4 Å². The van der Waals surface area contributed by atoms with E-state index in [0.29, 0.717) is 19.8 Å². The molecule has 0 fully saturated rings. The van der Waals surface area contributed by atoms with Crippen molar-refractivity contribution in [3.05, 3.63) is 52.5 Å². The van der Waals surface area contributed by atoms with Crippen LogP contribution in [0.25, 0.3) is 0 Å². The quantitative estimate of drug-likeness (QED) is 0.501. The van der Waals surface area contributed by atoms with Crippen LogP contribution in [-0.2, 0) is 6.61 Å². The predicted molar refractivity (Wildman–Crippen MR) is 109 cm³/mol.